The average molecular weight is 562 g/mol. The highest BCUT2D eigenvalue weighted by molar-refractivity contribution is 7.62. The van der Waals surface area contributed by atoms with Gasteiger partial charge in [0.15, 0.2) is 0 Å². The molecule has 0 aliphatic rings. The zero-order chi connectivity index (χ0) is 28.1. The zero-order valence-electron chi connectivity index (χ0n) is 21.8. The summed E-state index contributed by atoms with van der Waals surface area (Å²) >= 11 is 1.16. The van der Waals surface area contributed by atoms with E-state index >= 15 is 0 Å². The second-order valence-corrected chi connectivity index (χ2v) is 14.5. The Hall–Kier alpha value is -3.11. The molecule has 3 aromatic rings. The van der Waals surface area contributed by atoms with Crippen molar-refractivity contribution < 1.29 is 23.7 Å². The van der Waals surface area contributed by atoms with Gasteiger partial charge >= 0.3 is 0 Å². The van der Waals surface area contributed by atoms with Gasteiger partial charge in [-0.1, -0.05) is 18.2 Å². The summed E-state index contributed by atoms with van der Waals surface area (Å²) in [5, 5.41) is 19.4. The maximum atomic E-state index is 14.9. The molecule has 6 N–H and O–H groups in total. The molecule has 0 radical (unpaired) electrons. The number of pyridine rings is 1. The number of nitrogens with zero attached hydrogens (tertiary/aromatic N) is 1. The quantitative estimate of drug-likeness (QED) is 0.211. The van der Waals surface area contributed by atoms with E-state index in [0.717, 1.165) is 11.3 Å². The molecule has 0 aliphatic heterocycles. The van der Waals surface area contributed by atoms with Crippen molar-refractivity contribution in [2.24, 2.45) is 5.73 Å². The van der Waals surface area contributed by atoms with Gasteiger partial charge in [-0.15, -0.1) is 11.3 Å². The second kappa shape index (κ2) is 12.2. The van der Waals surface area contributed by atoms with Crippen molar-refractivity contribution in [1.29, 1.82) is 0 Å². The minimum atomic E-state index is -2.17. The Morgan fingerprint density at radius 2 is 1.92 bits per heavy atom. The van der Waals surface area contributed by atoms with Crippen LogP contribution in [0.1, 0.15) is 35.5 Å². The van der Waals surface area contributed by atoms with E-state index in [0.29, 0.717) is 46.2 Å². The summed E-state index contributed by atoms with van der Waals surface area (Å²) < 4.78 is 26.6. The van der Waals surface area contributed by atoms with Crippen molar-refractivity contribution in [2.75, 3.05) is 37.9 Å². The fourth-order valence-corrected chi connectivity index (χ4v) is 5.24. The van der Waals surface area contributed by atoms with Gasteiger partial charge in [-0.3, -0.25) is 9.59 Å². The predicted octanol–water partition coefficient (Wildman–Crippen LogP) is 3.85. The molecule has 2 amide bonds. The third-order valence-electron chi connectivity index (χ3n) is 5.55. The summed E-state index contributed by atoms with van der Waals surface area (Å²) in [7, 11) is -2.17. The molecule has 0 spiro atoms. The monoisotopic (exact) mass is 561 g/mol. The summed E-state index contributed by atoms with van der Waals surface area (Å²) in [6.07, 6.45) is 0.449. The minimum Gasteiger partial charge on any atom is -0.386 e. The number of aliphatic hydroxyl groups is 1. The number of rotatable bonds is 12. The Kier molecular flexibility index (Phi) is 9.43. The molecule has 0 aliphatic carbocycles. The number of hydrogen-bond donors (Lipinski definition) is 5. The molecule has 0 unspecified atom stereocenters. The number of hydrogen-bond acceptors (Lipinski definition) is 8. The molecule has 2 heterocycles. The van der Waals surface area contributed by atoms with Crippen molar-refractivity contribution in [2.45, 2.75) is 26.0 Å². The predicted molar refractivity (Wildman–Crippen MR) is 150 cm³/mol. The summed E-state index contributed by atoms with van der Waals surface area (Å²) in [5.41, 5.74) is 5.95. The van der Waals surface area contributed by atoms with Crippen LogP contribution in [0.2, 0.25) is 0 Å². The molecule has 0 saturated carbocycles. The molecule has 0 fully saturated rings. The van der Waals surface area contributed by atoms with Crippen LogP contribution < -0.4 is 21.7 Å². The molecular formula is C26H33FN5O4PS. The van der Waals surface area contributed by atoms with Gasteiger partial charge in [0.25, 0.3) is 5.91 Å². The summed E-state index contributed by atoms with van der Waals surface area (Å²) in [5.74, 6) is -0.950. The fourth-order valence-electron chi connectivity index (χ4n) is 3.49. The van der Waals surface area contributed by atoms with Crippen LogP contribution in [0.5, 0.6) is 0 Å². The van der Waals surface area contributed by atoms with E-state index in [1.54, 1.807) is 57.5 Å². The highest BCUT2D eigenvalue weighted by atomic mass is 32.1. The molecule has 3 rings (SSSR count). The number of benzene rings is 1. The number of primary amides is 1. The molecule has 204 valence electrons. The van der Waals surface area contributed by atoms with Crippen LogP contribution in [0.25, 0.3) is 10.4 Å². The average Bonchev–Trinajstić information content (AvgIpc) is 3.21. The number of nitrogens with two attached hydrogens (primary N) is 1. The highest BCUT2D eigenvalue weighted by Gasteiger charge is 2.21. The number of carbonyl (C=O) groups is 2. The first-order valence-electron chi connectivity index (χ1n) is 11.9. The topological polar surface area (TPSA) is 146 Å². The molecule has 1 aromatic carbocycles. The standard InChI is InChI=1S/C26H33FN5O4PS/c1-26(2,35)16-8-9-18(20(27)12-16)21-13-19(24(28)34)25(38-21)32-22-7-5-6-17(31-22)14-29-15-23(33)30-10-11-37(3,4)36/h5-9,12-13,29,35H,10-11,14-15H2,1-4H3,(H2,28,34)(H,30,33)(H,31,32). The van der Waals surface area contributed by atoms with Gasteiger partial charge in [-0.25, -0.2) is 9.37 Å². The highest BCUT2D eigenvalue weighted by Crippen LogP contribution is 2.38. The minimum absolute atomic E-state index is 0.0784. The first-order chi connectivity index (χ1) is 17.7. The van der Waals surface area contributed by atoms with Crippen molar-refractivity contribution in [3.8, 4) is 10.4 Å². The Labute approximate surface area is 225 Å². The summed E-state index contributed by atoms with van der Waals surface area (Å²) in [4.78, 5) is 29.1. The number of nitrogens with one attached hydrogen (secondary N) is 3. The lowest BCUT2D eigenvalue weighted by molar-refractivity contribution is -0.120. The number of thiophene rings is 1. The lowest BCUT2D eigenvalue weighted by Crippen LogP contribution is -2.35. The first kappa shape index (κ1) is 29.4. The van der Waals surface area contributed by atoms with E-state index in [9.17, 15) is 23.7 Å². The Balaban J connectivity index is 1.69. The van der Waals surface area contributed by atoms with Gasteiger partial charge in [0.1, 0.15) is 16.6 Å². The fraction of sp³-hybridized carbons (Fsp3) is 0.346. The van der Waals surface area contributed by atoms with Gasteiger partial charge in [0.05, 0.1) is 30.5 Å². The third-order valence-corrected chi connectivity index (χ3v) is 7.94. The van der Waals surface area contributed by atoms with Crippen molar-refractivity contribution in [3.05, 3.63) is 65.1 Å². The number of halogens is 1. The third kappa shape index (κ3) is 8.46. The maximum Gasteiger partial charge on any atom is 0.251 e. The van der Waals surface area contributed by atoms with E-state index in [-0.39, 0.29) is 23.6 Å². The lowest BCUT2D eigenvalue weighted by atomic mass is 9.96. The number of anilines is 2. The molecule has 0 bridgehead atoms. The van der Waals surface area contributed by atoms with E-state index in [4.69, 9.17) is 5.73 Å². The van der Waals surface area contributed by atoms with Gasteiger partial charge in [-0.05, 0) is 57.0 Å². The Bertz CT molecular complexity index is 1370. The summed E-state index contributed by atoms with van der Waals surface area (Å²) in [6, 6.07) is 11.3. The maximum absolute atomic E-state index is 14.9. The van der Waals surface area contributed by atoms with E-state index in [1.165, 1.54) is 12.1 Å². The number of amides is 2. The molecule has 2 aromatic heterocycles. The molecule has 38 heavy (non-hydrogen) atoms. The molecule has 12 heteroatoms. The van der Waals surface area contributed by atoms with Crippen LogP contribution in [0.15, 0.2) is 42.5 Å². The van der Waals surface area contributed by atoms with Crippen LogP contribution in [-0.4, -0.2) is 54.5 Å². The van der Waals surface area contributed by atoms with Crippen LogP contribution in [0.4, 0.5) is 15.2 Å². The Morgan fingerprint density at radius 3 is 2.55 bits per heavy atom. The number of carbonyl (C=O) groups excluding carboxylic acids is 2. The molecule has 0 atom stereocenters. The van der Waals surface area contributed by atoms with Crippen LogP contribution in [0.3, 0.4) is 0 Å². The molecule has 0 saturated heterocycles. The van der Waals surface area contributed by atoms with Gasteiger partial charge < -0.3 is 31.4 Å². The molecular weight excluding hydrogens is 528 g/mol. The van der Waals surface area contributed by atoms with Gasteiger partial charge in [0, 0.05) is 29.7 Å². The first-order valence-corrected chi connectivity index (χ1v) is 15.5. The Morgan fingerprint density at radius 1 is 1.18 bits per heavy atom. The van der Waals surface area contributed by atoms with E-state index in [2.05, 4.69) is 20.9 Å². The van der Waals surface area contributed by atoms with Gasteiger partial charge in [-0.2, -0.15) is 0 Å². The van der Waals surface area contributed by atoms with Crippen LogP contribution in [0, 0.1) is 5.82 Å². The van der Waals surface area contributed by atoms with Crippen LogP contribution in [-0.2, 0) is 21.5 Å². The van der Waals surface area contributed by atoms with Gasteiger partial charge in [0.2, 0.25) is 5.91 Å². The van der Waals surface area contributed by atoms with Crippen molar-refractivity contribution >= 4 is 41.1 Å². The lowest BCUT2D eigenvalue weighted by Gasteiger charge is -2.18. The van der Waals surface area contributed by atoms with E-state index in [1.807, 2.05) is 0 Å². The van der Waals surface area contributed by atoms with Crippen LogP contribution >= 0.6 is 18.5 Å². The molecule has 9 nitrogen and oxygen atoms in total. The largest absolute Gasteiger partial charge is 0.386 e. The smallest absolute Gasteiger partial charge is 0.251 e. The number of aromatic nitrogens is 1. The van der Waals surface area contributed by atoms with E-state index < -0.39 is 24.5 Å². The SMILES string of the molecule is CC(C)(O)c1ccc(-c2cc(C(N)=O)c(Nc3cccc(CNCC(=O)NCCP(C)(C)=O)n3)s2)c(F)c1. The van der Waals surface area contributed by atoms with Crippen molar-refractivity contribution in [1.82, 2.24) is 15.6 Å². The summed E-state index contributed by atoms with van der Waals surface area (Å²) in [6.45, 7) is 7.27. The zero-order valence-corrected chi connectivity index (χ0v) is 23.5. The second-order valence-electron chi connectivity index (χ2n) is 9.86. The normalized spacial score (nSPS) is 11.8. The van der Waals surface area contributed by atoms with Crippen molar-refractivity contribution in [3.63, 3.8) is 0 Å².